The molecule has 1 aromatic rings. The lowest BCUT2D eigenvalue weighted by Crippen LogP contribution is -2.37. The molecule has 0 aliphatic carbocycles. The molecule has 1 aromatic heterocycles. The maximum atomic E-state index is 11.1. The van der Waals surface area contributed by atoms with Crippen LogP contribution in [0.3, 0.4) is 0 Å². The van der Waals surface area contributed by atoms with Crippen LogP contribution in [-0.4, -0.2) is 58.2 Å². The Balaban J connectivity index is 1.60. The highest BCUT2D eigenvalue weighted by molar-refractivity contribution is 9.13. The van der Waals surface area contributed by atoms with Crippen molar-refractivity contribution in [3.8, 4) is 0 Å². The van der Waals surface area contributed by atoms with Crippen molar-refractivity contribution in [2.75, 3.05) is 26.3 Å². The molecule has 0 aromatic carbocycles. The summed E-state index contributed by atoms with van der Waals surface area (Å²) in [4.78, 5) is 17.2. The molecule has 1 amide bonds. The maximum absolute atomic E-state index is 11.1. The van der Waals surface area contributed by atoms with Gasteiger partial charge in [-0.3, -0.25) is 0 Å². The zero-order valence-corrected chi connectivity index (χ0v) is 17.2. The van der Waals surface area contributed by atoms with Crippen molar-refractivity contribution in [2.45, 2.75) is 50.9 Å². The molecular formula is C16H23Br2N3O4. The van der Waals surface area contributed by atoms with Gasteiger partial charge in [0.05, 0.1) is 6.61 Å². The zero-order valence-electron chi connectivity index (χ0n) is 14.0. The van der Waals surface area contributed by atoms with Crippen molar-refractivity contribution < 1.29 is 19.4 Å². The Morgan fingerprint density at radius 3 is 2.68 bits per heavy atom. The molecule has 0 saturated carbocycles. The lowest BCUT2D eigenvalue weighted by molar-refractivity contribution is -0.163. The second-order valence-corrected chi connectivity index (χ2v) is 7.92. The SMILES string of the molecule is O=C(O)N1CCC(c2nc(Br)c(Br)n2CCOC2CCCCO2)CC1. The Bertz CT molecular complexity index is 596. The summed E-state index contributed by atoms with van der Waals surface area (Å²) < 4.78 is 15.2. The summed E-state index contributed by atoms with van der Waals surface area (Å²) in [5.74, 6) is 1.24. The molecule has 2 aliphatic heterocycles. The minimum absolute atomic E-state index is 0.0956. The summed E-state index contributed by atoms with van der Waals surface area (Å²) in [6.45, 7) is 3.13. The normalized spacial score (nSPS) is 22.3. The number of nitrogens with zero attached hydrogens (tertiary/aromatic N) is 3. The van der Waals surface area contributed by atoms with E-state index in [9.17, 15) is 4.79 Å². The summed E-state index contributed by atoms with van der Waals surface area (Å²) >= 11 is 7.08. The molecule has 7 nitrogen and oxygen atoms in total. The summed E-state index contributed by atoms with van der Waals surface area (Å²) in [7, 11) is 0. The van der Waals surface area contributed by atoms with Crippen molar-refractivity contribution >= 4 is 38.0 Å². The minimum atomic E-state index is -0.843. The van der Waals surface area contributed by atoms with E-state index in [2.05, 4.69) is 41.4 Å². The third-order valence-electron chi connectivity index (χ3n) is 4.78. The Labute approximate surface area is 163 Å². The van der Waals surface area contributed by atoms with Crippen LogP contribution >= 0.6 is 31.9 Å². The number of carboxylic acid groups (broad SMARTS) is 1. The third kappa shape index (κ3) is 4.75. The molecule has 1 unspecified atom stereocenters. The molecule has 9 heteroatoms. The number of hydrogen-bond donors (Lipinski definition) is 1. The highest BCUT2D eigenvalue weighted by Crippen LogP contribution is 2.33. The molecule has 25 heavy (non-hydrogen) atoms. The van der Waals surface area contributed by atoms with E-state index in [1.54, 1.807) is 0 Å². The van der Waals surface area contributed by atoms with Crippen molar-refractivity contribution in [3.05, 3.63) is 15.0 Å². The fourth-order valence-electron chi connectivity index (χ4n) is 3.39. The summed E-state index contributed by atoms with van der Waals surface area (Å²) in [5, 5.41) is 9.10. The van der Waals surface area contributed by atoms with E-state index in [-0.39, 0.29) is 12.2 Å². The van der Waals surface area contributed by atoms with Gasteiger partial charge in [0.2, 0.25) is 0 Å². The standard InChI is InChI=1S/C16H23Br2N3O4/c17-13-14(18)21(8-10-25-12-3-1-2-9-24-12)15(19-13)11-4-6-20(7-5-11)16(22)23/h11-12H,1-10H2,(H,22,23). The number of amides is 1. The number of imidazole rings is 1. The molecule has 0 radical (unpaired) electrons. The predicted octanol–water partition coefficient (Wildman–Crippen LogP) is 3.81. The predicted molar refractivity (Wildman–Crippen MR) is 98.7 cm³/mol. The van der Waals surface area contributed by atoms with Crippen molar-refractivity contribution in [1.82, 2.24) is 14.5 Å². The zero-order chi connectivity index (χ0) is 17.8. The van der Waals surface area contributed by atoms with Gasteiger partial charge in [-0.1, -0.05) is 0 Å². The van der Waals surface area contributed by atoms with Crippen molar-refractivity contribution in [2.24, 2.45) is 0 Å². The lowest BCUT2D eigenvalue weighted by Gasteiger charge is -2.30. The Hall–Kier alpha value is -0.640. The van der Waals surface area contributed by atoms with Crippen LogP contribution in [0, 0.1) is 0 Å². The van der Waals surface area contributed by atoms with Gasteiger partial charge in [-0.05, 0) is 64.0 Å². The third-order valence-corrected chi connectivity index (χ3v) is 6.67. The van der Waals surface area contributed by atoms with Crippen LogP contribution in [0.1, 0.15) is 43.8 Å². The lowest BCUT2D eigenvalue weighted by atomic mass is 9.96. The molecule has 1 atom stereocenters. The molecule has 0 bridgehead atoms. The van der Waals surface area contributed by atoms with E-state index in [1.165, 1.54) is 4.90 Å². The Kier molecular flexibility index (Phi) is 6.76. The minimum Gasteiger partial charge on any atom is -0.465 e. The molecule has 3 heterocycles. The van der Waals surface area contributed by atoms with Crippen LogP contribution in [0.25, 0.3) is 0 Å². The quantitative estimate of drug-likeness (QED) is 0.693. The van der Waals surface area contributed by atoms with Crippen LogP contribution < -0.4 is 0 Å². The fraction of sp³-hybridized carbons (Fsp3) is 0.750. The number of piperidine rings is 1. The first-order valence-corrected chi connectivity index (χ1v) is 10.3. The molecule has 1 N–H and O–H groups in total. The molecular weight excluding hydrogens is 458 g/mol. The number of aromatic nitrogens is 2. The van der Waals surface area contributed by atoms with Gasteiger partial charge in [-0.15, -0.1) is 0 Å². The van der Waals surface area contributed by atoms with Gasteiger partial charge in [-0.2, -0.15) is 0 Å². The van der Waals surface area contributed by atoms with E-state index >= 15 is 0 Å². The Morgan fingerprint density at radius 2 is 2.04 bits per heavy atom. The van der Waals surface area contributed by atoms with Gasteiger partial charge < -0.3 is 24.0 Å². The number of likely N-dealkylation sites (tertiary alicyclic amines) is 1. The Morgan fingerprint density at radius 1 is 1.28 bits per heavy atom. The molecule has 2 fully saturated rings. The van der Waals surface area contributed by atoms with Crippen LogP contribution in [0.2, 0.25) is 0 Å². The largest absolute Gasteiger partial charge is 0.465 e. The average molecular weight is 481 g/mol. The average Bonchev–Trinajstić information content (AvgIpc) is 2.91. The molecule has 2 aliphatic rings. The van der Waals surface area contributed by atoms with Crippen LogP contribution in [0.5, 0.6) is 0 Å². The van der Waals surface area contributed by atoms with Gasteiger partial charge >= 0.3 is 6.09 Å². The van der Waals surface area contributed by atoms with Crippen molar-refractivity contribution in [3.63, 3.8) is 0 Å². The number of carbonyl (C=O) groups is 1. The highest BCUT2D eigenvalue weighted by Gasteiger charge is 2.28. The summed E-state index contributed by atoms with van der Waals surface area (Å²) in [6, 6.07) is 0. The fourth-order valence-corrected chi connectivity index (χ4v) is 4.23. The first-order valence-electron chi connectivity index (χ1n) is 8.68. The smallest absolute Gasteiger partial charge is 0.407 e. The van der Waals surface area contributed by atoms with Gasteiger partial charge in [-0.25, -0.2) is 9.78 Å². The van der Waals surface area contributed by atoms with Gasteiger partial charge in [0.15, 0.2) is 6.29 Å². The van der Waals surface area contributed by atoms with Crippen molar-refractivity contribution in [1.29, 1.82) is 0 Å². The van der Waals surface area contributed by atoms with Crippen LogP contribution in [0.15, 0.2) is 9.21 Å². The van der Waals surface area contributed by atoms with Gasteiger partial charge in [0.25, 0.3) is 0 Å². The number of rotatable bonds is 5. The van der Waals surface area contributed by atoms with Gasteiger partial charge in [0.1, 0.15) is 15.0 Å². The number of halogens is 2. The molecule has 2 saturated heterocycles. The summed E-state index contributed by atoms with van der Waals surface area (Å²) in [5.41, 5.74) is 0. The first-order chi connectivity index (χ1) is 12.1. The maximum Gasteiger partial charge on any atom is 0.407 e. The topological polar surface area (TPSA) is 76.8 Å². The van der Waals surface area contributed by atoms with Crippen LogP contribution in [-0.2, 0) is 16.0 Å². The second-order valence-electron chi connectivity index (χ2n) is 6.41. The first kappa shape index (κ1) is 19.1. The van der Waals surface area contributed by atoms with E-state index in [0.29, 0.717) is 26.2 Å². The van der Waals surface area contributed by atoms with E-state index in [4.69, 9.17) is 14.6 Å². The molecule has 0 spiro atoms. The van der Waals surface area contributed by atoms with Gasteiger partial charge in [0, 0.05) is 32.2 Å². The van der Waals surface area contributed by atoms with E-state index < -0.39 is 6.09 Å². The van der Waals surface area contributed by atoms with E-state index in [0.717, 1.165) is 53.7 Å². The summed E-state index contributed by atoms with van der Waals surface area (Å²) in [6.07, 6.45) is 3.85. The molecule has 3 rings (SSSR count). The monoisotopic (exact) mass is 479 g/mol. The molecule has 140 valence electrons. The number of hydrogen-bond acceptors (Lipinski definition) is 4. The second kappa shape index (κ2) is 8.83. The highest BCUT2D eigenvalue weighted by atomic mass is 79.9. The van der Waals surface area contributed by atoms with E-state index in [1.807, 2.05) is 0 Å². The van der Waals surface area contributed by atoms with Crippen LogP contribution in [0.4, 0.5) is 4.79 Å². The number of ether oxygens (including phenoxy) is 2.